The standard InChI is InChI=1S/C59H104O5/c1-3-5-7-9-11-13-15-17-19-21-23-25-27-29-31-33-35-37-39-41-43-45-47-49-51-53-58(61)63-56-57(55-60)64-59(62)54-52-50-48-46-44-42-40-38-36-34-32-30-28-26-24-22-20-18-16-14-12-10-8-6-4-2/h6,8,12,14-15,17-18,20-21,23-24,26,57,60H,3-5,7,9-11,13,16,19,22,25,27-56H2,1-2H3/b8-6-,14-12-,17-15-,20-18-,23-21-,26-24-. The van der Waals surface area contributed by atoms with Crippen LogP contribution in [-0.4, -0.2) is 36.4 Å². The average molecular weight is 893 g/mol. The zero-order valence-electron chi connectivity index (χ0n) is 42.3. The number of rotatable bonds is 50. The van der Waals surface area contributed by atoms with Gasteiger partial charge in [0.25, 0.3) is 0 Å². The molecule has 0 amide bonds. The van der Waals surface area contributed by atoms with E-state index < -0.39 is 6.10 Å². The summed E-state index contributed by atoms with van der Waals surface area (Å²) in [5.74, 6) is -0.587. The molecule has 0 aromatic rings. The normalized spacial score (nSPS) is 12.7. The van der Waals surface area contributed by atoms with Crippen molar-refractivity contribution in [3.05, 3.63) is 72.9 Å². The minimum Gasteiger partial charge on any atom is -0.462 e. The first-order chi connectivity index (χ1) is 31.6. The second-order valence-electron chi connectivity index (χ2n) is 18.3. The van der Waals surface area contributed by atoms with Crippen LogP contribution in [0.5, 0.6) is 0 Å². The summed E-state index contributed by atoms with van der Waals surface area (Å²) in [6.45, 7) is 4.04. The lowest BCUT2D eigenvalue weighted by atomic mass is 10.0. The van der Waals surface area contributed by atoms with Gasteiger partial charge in [-0.25, -0.2) is 0 Å². The maximum Gasteiger partial charge on any atom is 0.306 e. The molecule has 1 atom stereocenters. The van der Waals surface area contributed by atoms with Gasteiger partial charge in [0.2, 0.25) is 0 Å². The molecule has 0 spiro atoms. The zero-order valence-corrected chi connectivity index (χ0v) is 42.3. The van der Waals surface area contributed by atoms with Gasteiger partial charge in [-0.3, -0.25) is 9.59 Å². The Morgan fingerprint density at radius 3 is 1.02 bits per heavy atom. The second-order valence-corrected chi connectivity index (χ2v) is 18.3. The Labute approximate surface area is 397 Å². The molecule has 0 heterocycles. The van der Waals surface area contributed by atoms with Crippen molar-refractivity contribution in [3.63, 3.8) is 0 Å². The van der Waals surface area contributed by atoms with Crippen LogP contribution in [0.1, 0.15) is 271 Å². The van der Waals surface area contributed by atoms with Crippen molar-refractivity contribution in [3.8, 4) is 0 Å². The third-order valence-corrected chi connectivity index (χ3v) is 12.0. The smallest absolute Gasteiger partial charge is 0.306 e. The molecule has 0 aliphatic heterocycles. The first kappa shape index (κ1) is 61.3. The highest BCUT2D eigenvalue weighted by Crippen LogP contribution is 2.16. The number of aliphatic hydroxyl groups is 1. The zero-order chi connectivity index (χ0) is 46.3. The summed E-state index contributed by atoms with van der Waals surface area (Å²) in [6, 6.07) is 0. The highest BCUT2D eigenvalue weighted by Gasteiger charge is 2.16. The second kappa shape index (κ2) is 54.7. The van der Waals surface area contributed by atoms with Gasteiger partial charge in [-0.05, 0) is 83.5 Å². The van der Waals surface area contributed by atoms with Crippen LogP contribution < -0.4 is 0 Å². The van der Waals surface area contributed by atoms with Crippen molar-refractivity contribution in [2.45, 2.75) is 277 Å². The van der Waals surface area contributed by atoms with Gasteiger partial charge in [-0.2, -0.15) is 0 Å². The van der Waals surface area contributed by atoms with Crippen LogP contribution >= 0.6 is 0 Å². The van der Waals surface area contributed by atoms with Gasteiger partial charge in [-0.1, -0.05) is 247 Å². The predicted molar refractivity (Wildman–Crippen MR) is 279 cm³/mol. The first-order valence-electron chi connectivity index (χ1n) is 27.5. The predicted octanol–water partition coefficient (Wildman–Crippen LogP) is 18.4. The SMILES string of the molecule is CC/C=C\C/C=C\C/C=C\C/C=C\CCCCCCCCCCCCCCC(=O)OC(CO)COC(=O)CCCCCCCCCCCCCCC/C=C\C/C=C\CCCCCCC. The Morgan fingerprint density at radius 2 is 0.672 bits per heavy atom. The van der Waals surface area contributed by atoms with Gasteiger partial charge in [0.15, 0.2) is 6.10 Å². The summed E-state index contributed by atoms with van der Waals surface area (Å²) >= 11 is 0. The molecule has 0 aromatic carbocycles. The Bertz CT molecular complexity index is 1150. The molecule has 0 saturated heterocycles. The van der Waals surface area contributed by atoms with Crippen LogP contribution in [0.3, 0.4) is 0 Å². The Hall–Kier alpha value is -2.66. The molecule has 0 rings (SSSR count). The maximum absolute atomic E-state index is 12.3. The minimum atomic E-state index is -0.776. The number of hydrogen-bond acceptors (Lipinski definition) is 5. The van der Waals surface area contributed by atoms with Crippen LogP contribution in [-0.2, 0) is 19.1 Å². The number of esters is 2. The summed E-state index contributed by atoms with van der Waals surface area (Å²) in [5, 5.41) is 9.65. The molecule has 370 valence electrons. The number of hydrogen-bond donors (Lipinski definition) is 1. The number of carbonyl (C=O) groups excluding carboxylic acids is 2. The lowest BCUT2D eigenvalue weighted by Gasteiger charge is -2.15. The van der Waals surface area contributed by atoms with Gasteiger partial charge in [0.05, 0.1) is 6.61 Å². The molecule has 64 heavy (non-hydrogen) atoms. The first-order valence-corrected chi connectivity index (χ1v) is 27.5. The number of aliphatic hydroxyl groups excluding tert-OH is 1. The highest BCUT2D eigenvalue weighted by atomic mass is 16.6. The van der Waals surface area contributed by atoms with Crippen LogP contribution in [0.25, 0.3) is 0 Å². The molecule has 0 fully saturated rings. The van der Waals surface area contributed by atoms with Crippen LogP contribution in [0.15, 0.2) is 72.9 Å². The molecule has 0 aliphatic rings. The quantitative estimate of drug-likeness (QED) is 0.0374. The number of ether oxygens (including phenoxy) is 2. The fourth-order valence-corrected chi connectivity index (χ4v) is 7.87. The monoisotopic (exact) mass is 893 g/mol. The van der Waals surface area contributed by atoms with E-state index in [9.17, 15) is 14.7 Å². The van der Waals surface area contributed by atoms with Crippen molar-refractivity contribution >= 4 is 11.9 Å². The minimum absolute atomic E-state index is 0.0676. The third kappa shape index (κ3) is 52.0. The third-order valence-electron chi connectivity index (χ3n) is 12.0. The summed E-state index contributed by atoms with van der Waals surface area (Å²) in [4.78, 5) is 24.5. The summed E-state index contributed by atoms with van der Waals surface area (Å²) in [7, 11) is 0. The van der Waals surface area contributed by atoms with Crippen LogP contribution in [0, 0.1) is 0 Å². The van der Waals surface area contributed by atoms with E-state index in [1.54, 1.807) is 0 Å². The van der Waals surface area contributed by atoms with Crippen molar-refractivity contribution in [2.75, 3.05) is 13.2 Å². The summed E-state index contributed by atoms with van der Waals surface area (Å²) in [6.07, 6.45) is 74.3. The molecule has 0 aliphatic carbocycles. The van der Waals surface area contributed by atoms with E-state index >= 15 is 0 Å². The van der Waals surface area contributed by atoms with E-state index in [0.717, 1.165) is 70.6 Å². The Kier molecular flexibility index (Phi) is 52.4. The molecule has 5 heteroatoms. The fourth-order valence-electron chi connectivity index (χ4n) is 7.87. The molecular weight excluding hydrogens is 789 g/mol. The summed E-state index contributed by atoms with van der Waals surface area (Å²) < 4.78 is 10.7. The van der Waals surface area contributed by atoms with Gasteiger partial charge in [0.1, 0.15) is 6.61 Å². The maximum atomic E-state index is 12.3. The van der Waals surface area contributed by atoms with E-state index in [0.29, 0.717) is 12.8 Å². The van der Waals surface area contributed by atoms with E-state index in [1.807, 2.05) is 0 Å². The fraction of sp³-hybridized carbons (Fsp3) is 0.763. The number of allylic oxidation sites excluding steroid dienone is 12. The highest BCUT2D eigenvalue weighted by molar-refractivity contribution is 5.70. The van der Waals surface area contributed by atoms with Crippen molar-refractivity contribution in [1.29, 1.82) is 0 Å². The average Bonchev–Trinajstić information content (AvgIpc) is 3.30. The van der Waals surface area contributed by atoms with Gasteiger partial charge in [-0.15, -0.1) is 0 Å². The molecule has 0 radical (unpaired) electrons. The van der Waals surface area contributed by atoms with E-state index in [1.165, 1.54) is 173 Å². The topological polar surface area (TPSA) is 72.8 Å². The molecule has 5 nitrogen and oxygen atoms in total. The van der Waals surface area contributed by atoms with Gasteiger partial charge >= 0.3 is 11.9 Å². The molecule has 1 unspecified atom stereocenters. The van der Waals surface area contributed by atoms with Crippen LogP contribution in [0.2, 0.25) is 0 Å². The van der Waals surface area contributed by atoms with Gasteiger partial charge < -0.3 is 14.6 Å². The molecule has 0 bridgehead atoms. The van der Waals surface area contributed by atoms with Crippen molar-refractivity contribution in [2.24, 2.45) is 0 Å². The number of carbonyl (C=O) groups is 2. The molecule has 0 saturated carbocycles. The molecular formula is C59H104O5. The Morgan fingerprint density at radius 1 is 0.375 bits per heavy atom. The van der Waals surface area contributed by atoms with Crippen molar-refractivity contribution in [1.82, 2.24) is 0 Å². The van der Waals surface area contributed by atoms with E-state index in [2.05, 4.69) is 86.8 Å². The largest absolute Gasteiger partial charge is 0.462 e. The van der Waals surface area contributed by atoms with E-state index in [-0.39, 0.29) is 25.2 Å². The Balaban J connectivity index is 3.49. The van der Waals surface area contributed by atoms with Crippen LogP contribution in [0.4, 0.5) is 0 Å². The molecule has 0 aromatic heterocycles. The van der Waals surface area contributed by atoms with Gasteiger partial charge in [0, 0.05) is 12.8 Å². The van der Waals surface area contributed by atoms with Crippen molar-refractivity contribution < 1.29 is 24.2 Å². The lowest BCUT2D eigenvalue weighted by Crippen LogP contribution is -2.28. The number of unbranched alkanes of at least 4 members (excludes halogenated alkanes) is 30. The van der Waals surface area contributed by atoms with E-state index in [4.69, 9.17) is 9.47 Å². The molecule has 1 N–H and O–H groups in total. The lowest BCUT2D eigenvalue weighted by molar-refractivity contribution is -0.161. The summed E-state index contributed by atoms with van der Waals surface area (Å²) in [5.41, 5.74) is 0.